The molecule has 174 valence electrons. The van der Waals surface area contributed by atoms with E-state index in [0.29, 0.717) is 29.3 Å². The summed E-state index contributed by atoms with van der Waals surface area (Å²) < 4.78 is 20.9. The van der Waals surface area contributed by atoms with Gasteiger partial charge in [-0.05, 0) is 25.1 Å². The summed E-state index contributed by atoms with van der Waals surface area (Å²) in [6, 6.07) is 5.24. The smallest absolute Gasteiger partial charge is 0.332 e. The molecular weight excluding hydrogens is 432 g/mol. The van der Waals surface area contributed by atoms with Crippen LogP contribution in [-0.4, -0.2) is 49.2 Å². The number of benzene rings is 1. The second kappa shape index (κ2) is 8.45. The molecule has 2 aromatic heterocycles. The number of hydrogen-bond donors (Lipinski definition) is 0. The first kappa shape index (κ1) is 22.1. The van der Waals surface area contributed by atoms with Crippen LogP contribution in [0.2, 0.25) is 0 Å². The van der Waals surface area contributed by atoms with Crippen molar-refractivity contribution in [2.75, 3.05) is 13.7 Å². The monoisotopic (exact) mass is 456 g/mol. The fourth-order valence-corrected chi connectivity index (χ4v) is 3.70. The molecule has 0 fully saturated rings. The molecule has 0 saturated carbocycles. The Morgan fingerprint density at radius 1 is 1.18 bits per heavy atom. The molecule has 1 atom stereocenters. The van der Waals surface area contributed by atoms with Crippen LogP contribution in [-0.2, 0) is 30.2 Å². The summed E-state index contributed by atoms with van der Waals surface area (Å²) in [5.41, 5.74) is 0.143. The van der Waals surface area contributed by atoms with Crippen molar-refractivity contribution in [1.82, 2.24) is 23.7 Å². The number of imidazole rings is 1. The third-order valence-corrected chi connectivity index (χ3v) is 5.30. The Morgan fingerprint density at radius 2 is 1.94 bits per heavy atom. The van der Waals surface area contributed by atoms with Gasteiger partial charge in [-0.3, -0.25) is 18.7 Å². The third-order valence-electron chi connectivity index (χ3n) is 5.30. The zero-order chi connectivity index (χ0) is 23.9. The number of hydrazone groups is 1. The summed E-state index contributed by atoms with van der Waals surface area (Å²) in [4.78, 5) is 41.2. The van der Waals surface area contributed by atoms with Crippen molar-refractivity contribution in [3.63, 3.8) is 0 Å². The lowest BCUT2D eigenvalue weighted by Crippen LogP contribution is -2.37. The summed E-state index contributed by atoms with van der Waals surface area (Å²) in [7, 11) is 4.48. The van der Waals surface area contributed by atoms with Crippen molar-refractivity contribution >= 4 is 23.0 Å². The number of fused-ring (bicyclic) bond motifs is 1. The van der Waals surface area contributed by atoms with E-state index in [2.05, 4.69) is 10.1 Å². The second-order valence-electron chi connectivity index (χ2n) is 7.42. The molecule has 1 aliphatic rings. The van der Waals surface area contributed by atoms with Crippen molar-refractivity contribution in [3.8, 4) is 11.5 Å². The van der Waals surface area contributed by atoms with Crippen molar-refractivity contribution in [1.29, 1.82) is 0 Å². The average molecular weight is 456 g/mol. The zero-order valence-electron chi connectivity index (χ0n) is 18.9. The number of amides is 1. The molecule has 3 heterocycles. The predicted octanol–water partition coefficient (Wildman–Crippen LogP) is 0.732. The molecular formula is C21H24N6O6. The van der Waals surface area contributed by atoms with Crippen LogP contribution >= 0.6 is 0 Å². The van der Waals surface area contributed by atoms with E-state index in [9.17, 15) is 14.4 Å². The minimum Gasteiger partial charge on any atom is -0.493 e. The molecule has 0 unspecified atom stereocenters. The topological polar surface area (TPSA) is 122 Å². The van der Waals surface area contributed by atoms with Gasteiger partial charge in [0.15, 0.2) is 17.0 Å². The molecule has 0 spiro atoms. The molecule has 1 aromatic carbocycles. The van der Waals surface area contributed by atoms with Gasteiger partial charge in [0, 0.05) is 26.6 Å². The van der Waals surface area contributed by atoms with Crippen LogP contribution < -0.4 is 20.7 Å². The number of methoxy groups -OCH3 is 1. The summed E-state index contributed by atoms with van der Waals surface area (Å²) in [6.07, 6.45) is 0.622. The van der Waals surface area contributed by atoms with Crippen LogP contribution in [0.1, 0.15) is 25.6 Å². The number of carbonyl (C=O) groups excluding carboxylic acids is 1. The zero-order valence-corrected chi connectivity index (χ0v) is 18.9. The standard InChI is InChI=1S/C21H24N6O6/c1-6-32-14-8-7-13(9-15(14)31-5)20-27(12(2)28)23-16(33-20)10-26-11-22-17-18(26)24(3)21(30)25(4)19(17)29/h7-9,11,20H,6,10H2,1-5H3/t20-/m1/s1. The van der Waals surface area contributed by atoms with E-state index in [4.69, 9.17) is 14.2 Å². The molecule has 0 N–H and O–H groups in total. The van der Waals surface area contributed by atoms with Crippen LogP contribution in [0.4, 0.5) is 0 Å². The van der Waals surface area contributed by atoms with E-state index in [1.807, 2.05) is 6.92 Å². The number of carbonyl (C=O) groups is 1. The van der Waals surface area contributed by atoms with Crippen molar-refractivity contribution < 1.29 is 19.0 Å². The molecule has 0 aliphatic carbocycles. The van der Waals surface area contributed by atoms with Gasteiger partial charge >= 0.3 is 5.69 Å². The maximum Gasteiger partial charge on any atom is 0.332 e. The molecule has 0 radical (unpaired) electrons. The van der Waals surface area contributed by atoms with Crippen LogP contribution in [0.3, 0.4) is 0 Å². The quantitative estimate of drug-likeness (QED) is 0.536. The molecule has 1 amide bonds. The highest BCUT2D eigenvalue weighted by molar-refractivity contribution is 5.83. The summed E-state index contributed by atoms with van der Waals surface area (Å²) in [5, 5.41) is 5.54. The molecule has 0 bridgehead atoms. The number of aromatic nitrogens is 4. The predicted molar refractivity (Wildman–Crippen MR) is 118 cm³/mol. The van der Waals surface area contributed by atoms with E-state index in [1.165, 1.54) is 37.0 Å². The Morgan fingerprint density at radius 3 is 2.61 bits per heavy atom. The molecule has 0 saturated heterocycles. The highest BCUT2D eigenvalue weighted by Gasteiger charge is 2.33. The number of nitrogens with zero attached hydrogens (tertiary/aromatic N) is 6. The highest BCUT2D eigenvalue weighted by Crippen LogP contribution is 2.35. The fourth-order valence-electron chi connectivity index (χ4n) is 3.70. The Labute approximate surface area is 188 Å². The van der Waals surface area contributed by atoms with Crippen molar-refractivity contribution in [2.24, 2.45) is 19.2 Å². The molecule has 3 aromatic rings. The van der Waals surface area contributed by atoms with Gasteiger partial charge in [-0.1, -0.05) is 0 Å². The lowest BCUT2D eigenvalue weighted by Gasteiger charge is -2.20. The van der Waals surface area contributed by atoms with Crippen LogP contribution in [0.25, 0.3) is 11.2 Å². The SMILES string of the molecule is CCOc1ccc([C@H]2OC(Cn3cnc4c(=O)n(C)c(=O)n(C)c43)=NN2C(C)=O)cc1OC. The van der Waals surface area contributed by atoms with E-state index in [-0.39, 0.29) is 23.9 Å². The molecule has 33 heavy (non-hydrogen) atoms. The normalized spacial score (nSPS) is 15.5. The minimum absolute atomic E-state index is 0.0609. The summed E-state index contributed by atoms with van der Waals surface area (Å²) in [5.74, 6) is 0.973. The molecule has 12 heteroatoms. The number of hydrogen-bond acceptors (Lipinski definition) is 8. The van der Waals surface area contributed by atoms with Gasteiger partial charge in [0.05, 0.1) is 20.0 Å². The lowest BCUT2D eigenvalue weighted by atomic mass is 10.1. The van der Waals surface area contributed by atoms with Crippen LogP contribution in [0, 0.1) is 0 Å². The Hall–Kier alpha value is -4.09. The first-order chi connectivity index (χ1) is 15.8. The van der Waals surface area contributed by atoms with Gasteiger partial charge in [-0.25, -0.2) is 9.78 Å². The Kier molecular flexibility index (Phi) is 5.66. The summed E-state index contributed by atoms with van der Waals surface area (Å²) in [6.45, 7) is 3.80. The van der Waals surface area contributed by atoms with Gasteiger partial charge in [0.1, 0.15) is 12.2 Å². The Bertz CT molecular complexity index is 1380. The Balaban J connectivity index is 1.68. The third kappa shape index (κ3) is 3.73. The van der Waals surface area contributed by atoms with Gasteiger partial charge in [0.25, 0.3) is 5.56 Å². The van der Waals surface area contributed by atoms with E-state index < -0.39 is 17.5 Å². The number of rotatable bonds is 6. The minimum atomic E-state index is -0.812. The second-order valence-corrected chi connectivity index (χ2v) is 7.42. The maximum atomic E-state index is 12.4. The average Bonchev–Trinajstić information content (AvgIpc) is 3.42. The lowest BCUT2D eigenvalue weighted by molar-refractivity contribution is -0.135. The van der Waals surface area contributed by atoms with Crippen molar-refractivity contribution in [3.05, 3.63) is 50.9 Å². The molecule has 4 rings (SSSR count). The molecule has 1 aliphatic heterocycles. The largest absolute Gasteiger partial charge is 0.493 e. The van der Waals surface area contributed by atoms with Crippen LogP contribution in [0.5, 0.6) is 11.5 Å². The first-order valence-corrected chi connectivity index (χ1v) is 10.2. The molecule has 12 nitrogen and oxygen atoms in total. The van der Waals surface area contributed by atoms with Crippen LogP contribution in [0.15, 0.2) is 39.2 Å². The van der Waals surface area contributed by atoms with Gasteiger partial charge in [-0.15, -0.1) is 5.10 Å². The fraction of sp³-hybridized carbons (Fsp3) is 0.381. The van der Waals surface area contributed by atoms with E-state index in [1.54, 1.807) is 29.8 Å². The van der Waals surface area contributed by atoms with E-state index in [0.717, 1.165) is 4.57 Å². The number of aryl methyl sites for hydroxylation is 1. The maximum absolute atomic E-state index is 12.4. The van der Waals surface area contributed by atoms with Gasteiger partial charge in [-0.2, -0.15) is 5.01 Å². The summed E-state index contributed by atoms with van der Waals surface area (Å²) >= 11 is 0. The first-order valence-electron chi connectivity index (χ1n) is 10.2. The van der Waals surface area contributed by atoms with Crippen molar-refractivity contribution in [2.45, 2.75) is 26.6 Å². The van der Waals surface area contributed by atoms with Gasteiger partial charge < -0.3 is 18.8 Å². The van der Waals surface area contributed by atoms with E-state index >= 15 is 0 Å². The number of ether oxygens (including phenoxy) is 3. The highest BCUT2D eigenvalue weighted by atomic mass is 16.5. The van der Waals surface area contributed by atoms with Gasteiger partial charge in [0.2, 0.25) is 18.0 Å².